The highest BCUT2D eigenvalue weighted by atomic mass is 35.5. The van der Waals surface area contributed by atoms with Crippen molar-refractivity contribution < 1.29 is 14.5 Å². The third-order valence-electron chi connectivity index (χ3n) is 5.10. The van der Waals surface area contributed by atoms with E-state index in [2.05, 4.69) is 58.8 Å². The van der Waals surface area contributed by atoms with Crippen LogP contribution >= 0.6 is 23.4 Å². The largest absolute Gasteiger partial charge is 0.331 e. The molecule has 2 aromatic carbocycles. The maximum Gasteiger partial charge on any atom is 0.269 e. The van der Waals surface area contributed by atoms with E-state index < -0.39 is 5.91 Å². The Bertz CT molecular complexity index is 1070. The van der Waals surface area contributed by atoms with Gasteiger partial charge in [-0.15, -0.1) is 10.2 Å². The number of hydrogen-bond acceptors (Lipinski definition) is 5. The lowest BCUT2D eigenvalue weighted by molar-refractivity contribution is -0.893. The summed E-state index contributed by atoms with van der Waals surface area (Å²) >= 11 is 7.12. The molecule has 174 valence electrons. The molecule has 0 aliphatic heterocycles. The normalized spacial score (nSPS) is 11.9. The van der Waals surface area contributed by atoms with Crippen LogP contribution in [0.1, 0.15) is 41.1 Å². The molecule has 10 heteroatoms. The predicted molar refractivity (Wildman–Crippen MR) is 129 cm³/mol. The minimum atomic E-state index is -0.417. The van der Waals surface area contributed by atoms with Crippen LogP contribution in [0, 0.1) is 0 Å². The molecule has 0 aliphatic rings. The third-order valence-corrected chi connectivity index (χ3v) is 6.32. The number of carbonyl (C=O) groups excluding carboxylic acids is 2. The van der Waals surface area contributed by atoms with E-state index in [0.717, 1.165) is 17.8 Å². The number of nitrogens with zero attached hydrogens (tertiary/aromatic N) is 3. The predicted octanol–water partition coefficient (Wildman–Crippen LogP) is 2.13. The molecule has 1 heterocycles. The van der Waals surface area contributed by atoms with Crippen molar-refractivity contribution in [2.75, 3.05) is 19.8 Å². The van der Waals surface area contributed by atoms with Gasteiger partial charge in [0.2, 0.25) is 5.91 Å². The maximum absolute atomic E-state index is 12.4. The van der Waals surface area contributed by atoms with Gasteiger partial charge in [0.15, 0.2) is 11.0 Å². The molecule has 0 unspecified atom stereocenters. The Morgan fingerprint density at radius 1 is 1.06 bits per heavy atom. The van der Waals surface area contributed by atoms with Crippen LogP contribution in [0.3, 0.4) is 0 Å². The van der Waals surface area contributed by atoms with Crippen LogP contribution in [0.5, 0.6) is 0 Å². The first-order chi connectivity index (χ1) is 15.9. The van der Waals surface area contributed by atoms with Gasteiger partial charge in [-0.25, -0.2) is 0 Å². The van der Waals surface area contributed by atoms with E-state index in [0.29, 0.717) is 22.3 Å². The molecule has 1 aromatic heterocycles. The number of nitrogens with one attached hydrogen (secondary N) is 3. The SMILES string of the molecule is CC[C@H](c1nnc(SCC(=O)NNC(=O)c2ccc(Cl)cc2)n1Cc1ccccc1)[NH+](C)C. The fourth-order valence-corrected chi connectivity index (χ4v) is 4.27. The highest BCUT2D eigenvalue weighted by molar-refractivity contribution is 7.99. The summed E-state index contributed by atoms with van der Waals surface area (Å²) in [6.45, 7) is 2.74. The third kappa shape index (κ3) is 6.80. The molecule has 0 spiro atoms. The molecule has 8 nitrogen and oxygen atoms in total. The van der Waals surface area contributed by atoms with E-state index in [1.54, 1.807) is 24.3 Å². The Morgan fingerprint density at radius 2 is 1.76 bits per heavy atom. The van der Waals surface area contributed by atoms with Gasteiger partial charge in [-0.2, -0.15) is 0 Å². The van der Waals surface area contributed by atoms with Crippen molar-refractivity contribution in [1.82, 2.24) is 25.6 Å². The van der Waals surface area contributed by atoms with E-state index in [1.807, 2.05) is 18.2 Å². The van der Waals surface area contributed by atoms with E-state index in [9.17, 15) is 9.59 Å². The van der Waals surface area contributed by atoms with Crippen LogP contribution in [0.25, 0.3) is 0 Å². The van der Waals surface area contributed by atoms with Crippen LogP contribution < -0.4 is 15.8 Å². The Kier molecular flexibility index (Phi) is 8.87. The smallest absolute Gasteiger partial charge is 0.269 e. The van der Waals surface area contributed by atoms with Crippen molar-refractivity contribution in [3.63, 3.8) is 0 Å². The van der Waals surface area contributed by atoms with Crippen molar-refractivity contribution in [2.24, 2.45) is 0 Å². The highest BCUT2D eigenvalue weighted by Crippen LogP contribution is 2.22. The monoisotopic (exact) mass is 487 g/mol. The molecule has 3 rings (SSSR count). The first-order valence-electron chi connectivity index (χ1n) is 10.6. The number of quaternary nitrogens is 1. The number of hydrazine groups is 1. The summed E-state index contributed by atoms with van der Waals surface area (Å²) in [4.78, 5) is 25.8. The Morgan fingerprint density at radius 3 is 2.39 bits per heavy atom. The van der Waals surface area contributed by atoms with Gasteiger partial charge in [0.1, 0.15) is 6.04 Å². The van der Waals surface area contributed by atoms with Crippen molar-refractivity contribution in [2.45, 2.75) is 31.1 Å². The second kappa shape index (κ2) is 11.8. The van der Waals surface area contributed by atoms with Gasteiger partial charge in [0, 0.05) is 17.0 Å². The maximum atomic E-state index is 12.4. The standard InChI is InChI=1S/C23H27ClN6O2S/c1-4-19(29(2)3)21-26-28-23(30(21)14-16-8-6-5-7-9-16)33-15-20(31)25-27-22(32)17-10-12-18(24)13-11-17/h5-13,19H,4,14-15H2,1-3H3,(H,25,31)(H,27,32)/p+1/t19-/m1/s1. The zero-order chi connectivity index (χ0) is 23.8. The fourth-order valence-electron chi connectivity index (χ4n) is 3.39. The number of rotatable bonds is 9. The topological polar surface area (TPSA) is 93.3 Å². The quantitative estimate of drug-likeness (QED) is 0.317. The van der Waals surface area contributed by atoms with Crippen LogP contribution in [0.4, 0.5) is 0 Å². The molecule has 1 atom stereocenters. The molecule has 3 N–H and O–H groups in total. The zero-order valence-electron chi connectivity index (χ0n) is 18.8. The van der Waals surface area contributed by atoms with Crippen LogP contribution in [-0.4, -0.2) is 46.4 Å². The van der Waals surface area contributed by atoms with Crippen molar-refractivity contribution >= 4 is 35.2 Å². The molecule has 0 bridgehead atoms. The Hall–Kier alpha value is -2.88. The summed E-state index contributed by atoms with van der Waals surface area (Å²) in [7, 11) is 4.19. The first-order valence-corrected chi connectivity index (χ1v) is 12.0. The summed E-state index contributed by atoms with van der Waals surface area (Å²) < 4.78 is 2.07. The van der Waals surface area contributed by atoms with Crippen LogP contribution in [0.2, 0.25) is 5.02 Å². The highest BCUT2D eigenvalue weighted by Gasteiger charge is 2.25. The number of aromatic nitrogens is 3. The van der Waals surface area contributed by atoms with Gasteiger partial charge < -0.3 is 4.90 Å². The average molecular weight is 488 g/mol. The molecular weight excluding hydrogens is 460 g/mol. The van der Waals surface area contributed by atoms with E-state index in [-0.39, 0.29) is 17.7 Å². The lowest BCUT2D eigenvalue weighted by atomic mass is 10.2. The molecule has 0 fully saturated rings. The molecule has 0 radical (unpaired) electrons. The van der Waals surface area contributed by atoms with Crippen LogP contribution in [-0.2, 0) is 11.3 Å². The lowest BCUT2D eigenvalue weighted by Crippen LogP contribution is -3.06. The number of amides is 2. The number of halogens is 1. The summed E-state index contributed by atoms with van der Waals surface area (Å²) in [5, 5.41) is 10.0. The molecule has 33 heavy (non-hydrogen) atoms. The summed E-state index contributed by atoms with van der Waals surface area (Å²) in [5.74, 6) is 0.211. The lowest BCUT2D eigenvalue weighted by Gasteiger charge is -2.20. The van der Waals surface area contributed by atoms with E-state index >= 15 is 0 Å². The van der Waals surface area contributed by atoms with Crippen molar-refractivity contribution in [1.29, 1.82) is 0 Å². The number of hydrogen-bond donors (Lipinski definition) is 3. The van der Waals surface area contributed by atoms with Gasteiger partial charge >= 0.3 is 0 Å². The first kappa shape index (κ1) is 24.8. The van der Waals surface area contributed by atoms with Crippen LogP contribution in [0.15, 0.2) is 59.8 Å². The van der Waals surface area contributed by atoms with Crippen molar-refractivity contribution in [3.05, 3.63) is 76.6 Å². The van der Waals surface area contributed by atoms with Gasteiger partial charge in [-0.1, -0.05) is 60.6 Å². The minimum Gasteiger partial charge on any atom is -0.331 e. The second-order valence-electron chi connectivity index (χ2n) is 7.75. The summed E-state index contributed by atoms with van der Waals surface area (Å²) in [6.07, 6.45) is 0.914. The molecule has 2 amide bonds. The fraction of sp³-hybridized carbons (Fsp3) is 0.304. The Labute approximate surface area is 202 Å². The van der Waals surface area contributed by atoms with Gasteiger partial charge in [0.05, 0.1) is 26.4 Å². The average Bonchev–Trinajstić information content (AvgIpc) is 3.19. The second-order valence-corrected chi connectivity index (χ2v) is 9.13. The molecular formula is C23H28ClN6O2S+. The molecule has 0 saturated carbocycles. The molecule has 3 aromatic rings. The van der Waals surface area contributed by atoms with Gasteiger partial charge in [-0.3, -0.25) is 25.0 Å². The summed E-state index contributed by atoms with van der Waals surface area (Å²) in [6, 6.07) is 16.7. The number of benzene rings is 2. The van der Waals surface area contributed by atoms with E-state index in [4.69, 9.17) is 11.6 Å². The van der Waals surface area contributed by atoms with Gasteiger partial charge in [-0.05, 0) is 29.8 Å². The Balaban J connectivity index is 1.66. The minimum absolute atomic E-state index is 0.0828. The molecule has 0 aliphatic carbocycles. The zero-order valence-corrected chi connectivity index (χ0v) is 20.4. The van der Waals surface area contributed by atoms with Crippen molar-refractivity contribution in [3.8, 4) is 0 Å². The summed E-state index contributed by atoms with van der Waals surface area (Å²) in [5.41, 5.74) is 6.38. The van der Waals surface area contributed by atoms with E-state index in [1.165, 1.54) is 16.7 Å². The van der Waals surface area contributed by atoms with Gasteiger partial charge in [0.25, 0.3) is 5.91 Å². The molecule has 0 saturated heterocycles. The number of thioether (sulfide) groups is 1. The number of carbonyl (C=O) groups is 2.